The normalized spacial score (nSPS) is 17.6. The molecule has 0 saturated heterocycles. The van der Waals surface area contributed by atoms with Crippen molar-refractivity contribution in [1.29, 1.82) is 0 Å². The SMILES string of the molecule is Cc1c2cn(c1C)-c1cccc(n1)C(C)(C)c1cccc(n1)-n1cc(c(C(F)(F)F)c1C(F)(F)F)C(C)(C)C2(C)C. The van der Waals surface area contributed by atoms with Crippen molar-refractivity contribution in [3.05, 3.63) is 93.8 Å². The number of rotatable bonds is 0. The molecule has 1 aliphatic rings. The molecule has 0 N–H and O–H groups in total. The smallest absolute Gasteiger partial charge is 0.305 e. The Bertz CT molecular complexity index is 1660. The summed E-state index contributed by atoms with van der Waals surface area (Å²) in [6, 6.07) is 9.98. The minimum absolute atomic E-state index is 0.254. The van der Waals surface area contributed by atoms with Crippen LogP contribution in [-0.2, 0) is 28.6 Å². The topological polar surface area (TPSA) is 35.6 Å². The van der Waals surface area contributed by atoms with Gasteiger partial charge in [0.1, 0.15) is 17.3 Å². The van der Waals surface area contributed by atoms with E-state index in [1.807, 2.05) is 56.7 Å². The van der Waals surface area contributed by atoms with E-state index in [1.165, 1.54) is 12.1 Å². The quantitative estimate of drug-likeness (QED) is 0.197. The maximum Gasteiger partial charge on any atom is 0.432 e. The van der Waals surface area contributed by atoms with E-state index in [0.29, 0.717) is 21.8 Å². The molecule has 0 radical (unpaired) electrons. The molecule has 8 bridgehead atoms. The number of pyridine rings is 2. The van der Waals surface area contributed by atoms with Crippen molar-refractivity contribution in [2.24, 2.45) is 0 Å². The summed E-state index contributed by atoms with van der Waals surface area (Å²) in [5.41, 5.74) is -3.92. The predicted octanol–water partition coefficient (Wildman–Crippen LogP) is 8.61. The monoisotopic (exact) mass is 574 g/mol. The average molecular weight is 575 g/mol. The first-order chi connectivity index (χ1) is 18.7. The van der Waals surface area contributed by atoms with Gasteiger partial charge in [-0.25, -0.2) is 9.97 Å². The van der Waals surface area contributed by atoms with E-state index in [9.17, 15) is 26.3 Å². The second-order valence-electron chi connectivity index (χ2n) is 12.4. The number of alkyl halides is 6. The van der Waals surface area contributed by atoms with E-state index in [4.69, 9.17) is 4.98 Å². The molecule has 1 aliphatic heterocycles. The number of fused-ring (bicyclic) bond motifs is 10. The van der Waals surface area contributed by atoms with Gasteiger partial charge in [-0.2, -0.15) is 26.3 Å². The standard InChI is InChI=1S/C31H32F6N4/c1-17-18(2)40-15-19(17)28(5,6)29(7,8)20-16-41(26(31(35,36)37)25(20)30(32,33)34)24-14-10-12-22(39-24)27(3,4)21-11-9-13-23(40)38-21/h9-16H,1-8H3. The van der Waals surface area contributed by atoms with Crippen molar-refractivity contribution in [1.82, 2.24) is 19.1 Å². The highest BCUT2D eigenvalue weighted by molar-refractivity contribution is 5.52. The third-order valence-electron chi connectivity index (χ3n) is 9.28. The fraction of sp³-hybridized carbons (Fsp3) is 0.419. The van der Waals surface area contributed by atoms with Crippen LogP contribution in [0.4, 0.5) is 26.3 Å². The Kier molecular flexibility index (Phi) is 6.16. The zero-order chi connectivity index (χ0) is 30.5. The minimum atomic E-state index is -5.31. The molecule has 41 heavy (non-hydrogen) atoms. The average Bonchev–Trinajstić information content (AvgIpc) is 3.44. The number of aromatic nitrogens is 4. The van der Waals surface area contributed by atoms with Crippen molar-refractivity contribution < 1.29 is 26.3 Å². The molecule has 0 aromatic carbocycles. The molecule has 5 heterocycles. The summed E-state index contributed by atoms with van der Waals surface area (Å²) in [6.45, 7) is 14.1. The number of hydrogen-bond acceptors (Lipinski definition) is 2. The Hall–Kier alpha value is -3.56. The second-order valence-corrected chi connectivity index (χ2v) is 12.4. The van der Waals surface area contributed by atoms with Gasteiger partial charge < -0.3 is 4.57 Å². The van der Waals surface area contributed by atoms with E-state index in [2.05, 4.69) is 4.98 Å². The zero-order valence-electron chi connectivity index (χ0n) is 24.2. The Morgan fingerprint density at radius 1 is 0.634 bits per heavy atom. The lowest BCUT2D eigenvalue weighted by Crippen LogP contribution is -2.41. The van der Waals surface area contributed by atoms with Crippen LogP contribution in [0.25, 0.3) is 11.6 Å². The third-order valence-corrected chi connectivity index (χ3v) is 9.28. The highest BCUT2D eigenvalue weighted by atomic mass is 19.4. The molecular formula is C31H32F6N4. The Balaban J connectivity index is 2.00. The summed E-state index contributed by atoms with van der Waals surface area (Å²) in [4.78, 5) is 9.44. The molecule has 218 valence electrons. The fourth-order valence-electron chi connectivity index (χ4n) is 5.91. The van der Waals surface area contributed by atoms with E-state index >= 15 is 0 Å². The van der Waals surface area contributed by atoms with Gasteiger partial charge in [0, 0.05) is 34.3 Å². The summed E-state index contributed by atoms with van der Waals surface area (Å²) in [5, 5.41) is 0. The van der Waals surface area contributed by atoms with Crippen molar-refractivity contribution in [2.45, 2.75) is 84.0 Å². The Morgan fingerprint density at radius 3 is 1.59 bits per heavy atom. The maximum atomic E-state index is 14.8. The number of nitrogens with zero attached hydrogens (tertiary/aromatic N) is 4. The molecule has 4 nitrogen and oxygen atoms in total. The van der Waals surface area contributed by atoms with Crippen molar-refractivity contribution >= 4 is 0 Å². The Labute approximate surface area is 235 Å². The number of hydrogen-bond donors (Lipinski definition) is 0. The first kappa shape index (κ1) is 29.0. The van der Waals surface area contributed by atoms with Crippen LogP contribution in [0, 0.1) is 13.8 Å². The summed E-state index contributed by atoms with van der Waals surface area (Å²) >= 11 is 0. The van der Waals surface area contributed by atoms with Crippen molar-refractivity contribution in [3.63, 3.8) is 0 Å². The van der Waals surface area contributed by atoms with Crippen molar-refractivity contribution in [2.75, 3.05) is 0 Å². The predicted molar refractivity (Wildman–Crippen MR) is 145 cm³/mol. The molecule has 10 heteroatoms. The maximum absolute atomic E-state index is 14.8. The molecule has 0 amide bonds. The molecule has 0 saturated carbocycles. The molecular weight excluding hydrogens is 542 g/mol. The van der Waals surface area contributed by atoms with Gasteiger partial charge in [0.25, 0.3) is 0 Å². The first-order valence-electron chi connectivity index (χ1n) is 13.3. The Morgan fingerprint density at radius 2 is 1.10 bits per heavy atom. The largest absolute Gasteiger partial charge is 0.432 e. The van der Waals surface area contributed by atoms with Crippen LogP contribution in [0.15, 0.2) is 48.8 Å². The lowest BCUT2D eigenvalue weighted by molar-refractivity contribution is -0.165. The second kappa shape index (κ2) is 8.72. The molecule has 0 atom stereocenters. The molecule has 0 fully saturated rings. The highest BCUT2D eigenvalue weighted by Gasteiger charge is 2.54. The number of halogens is 6. The van der Waals surface area contributed by atoms with E-state index < -0.39 is 45.4 Å². The molecule has 4 aromatic heterocycles. The molecule has 0 unspecified atom stereocenters. The lowest BCUT2D eigenvalue weighted by Gasteiger charge is -2.43. The van der Waals surface area contributed by atoms with Crippen LogP contribution >= 0.6 is 0 Å². The molecule has 4 aromatic rings. The van der Waals surface area contributed by atoms with Crippen LogP contribution < -0.4 is 0 Å². The fourth-order valence-corrected chi connectivity index (χ4v) is 5.91. The summed E-state index contributed by atoms with van der Waals surface area (Å²) < 4.78 is 90.7. The van der Waals surface area contributed by atoms with Gasteiger partial charge in [-0.15, -0.1) is 0 Å². The van der Waals surface area contributed by atoms with Crippen LogP contribution in [0.2, 0.25) is 0 Å². The van der Waals surface area contributed by atoms with E-state index in [-0.39, 0.29) is 5.82 Å². The lowest BCUT2D eigenvalue weighted by atomic mass is 9.60. The summed E-state index contributed by atoms with van der Waals surface area (Å²) in [7, 11) is 0. The third kappa shape index (κ3) is 4.20. The van der Waals surface area contributed by atoms with Gasteiger partial charge in [-0.1, -0.05) is 39.8 Å². The van der Waals surface area contributed by atoms with Gasteiger partial charge in [0.2, 0.25) is 0 Å². The molecule has 5 rings (SSSR count). The molecule has 0 spiro atoms. The van der Waals surface area contributed by atoms with Gasteiger partial charge in [-0.05, 0) is 68.7 Å². The van der Waals surface area contributed by atoms with Crippen LogP contribution in [0.1, 0.15) is 86.6 Å². The van der Waals surface area contributed by atoms with Crippen LogP contribution in [0.5, 0.6) is 0 Å². The van der Waals surface area contributed by atoms with Crippen molar-refractivity contribution in [3.8, 4) is 11.6 Å². The summed E-state index contributed by atoms with van der Waals surface area (Å²) in [6.07, 6.45) is -7.77. The van der Waals surface area contributed by atoms with E-state index in [1.54, 1.807) is 33.8 Å². The van der Waals surface area contributed by atoms with Gasteiger partial charge in [-0.3, -0.25) is 4.57 Å². The first-order valence-corrected chi connectivity index (χ1v) is 13.3. The molecule has 0 aliphatic carbocycles. The van der Waals surface area contributed by atoms with Gasteiger partial charge >= 0.3 is 12.4 Å². The minimum Gasteiger partial charge on any atom is -0.305 e. The summed E-state index contributed by atoms with van der Waals surface area (Å²) in [5.74, 6) is 0.373. The van der Waals surface area contributed by atoms with Gasteiger partial charge in [0.05, 0.1) is 17.0 Å². The van der Waals surface area contributed by atoms with Gasteiger partial charge in [0.15, 0.2) is 0 Å². The zero-order valence-corrected chi connectivity index (χ0v) is 24.2. The van der Waals surface area contributed by atoms with Crippen LogP contribution in [-0.4, -0.2) is 19.1 Å². The van der Waals surface area contributed by atoms with Crippen LogP contribution in [0.3, 0.4) is 0 Å². The highest BCUT2D eigenvalue weighted by Crippen LogP contribution is 2.53. The van der Waals surface area contributed by atoms with E-state index in [0.717, 1.165) is 23.0 Å².